The first-order chi connectivity index (χ1) is 6.53. The molecular weight excluding hydrogens is 194 g/mol. The maximum atomic E-state index is 6.20. The highest BCUT2D eigenvalue weighted by atomic mass is 35.5. The Kier molecular flexibility index (Phi) is 2.32. The lowest BCUT2D eigenvalue weighted by Gasteiger charge is -2.13. The summed E-state index contributed by atoms with van der Waals surface area (Å²) in [4.78, 5) is 0. The first-order valence-electron chi connectivity index (χ1n) is 5.12. The number of benzene rings is 1. The zero-order valence-electron chi connectivity index (χ0n) is 8.68. The minimum Gasteiger partial charge on any atom is -0.321 e. The van der Waals surface area contributed by atoms with Crippen LogP contribution in [0.5, 0.6) is 0 Å². The molecule has 2 heteroatoms. The van der Waals surface area contributed by atoms with Gasteiger partial charge in [-0.2, -0.15) is 0 Å². The Morgan fingerprint density at radius 1 is 1.36 bits per heavy atom. The summed E-state index contributed by atoms with van der Waals surface area (Å²) in [5.74, 6) is 0.476. The largest absolute Gasteiger partial charge is 0.321 e. The molecule has 76 valence electrons. The van der Waals surface area contributed by atoms with Crippen LogP contribution in [0.4, 0.5) is 0 Å². The lowest BCUT2D eigenvalue weighted by atomic mass is 9.98. The van der Waals surface area contributed by atoms with Crippen molar-refractivity contribution in [3.8, 4) is 0 Å². The van der Waals surface area contributed by atoms with Crippen LogP contribution >= 0.6 is 11.6 Å². The van der Waals surface area contributed by atoms with Crippen LogP contribution in [0.25, 0.3) is 0 Å². The predicted octanol–water partition coefficient (Wildman–Crippen LogP) is 3.41. The van der Waals surface area contributed by atoms with E-state index in [0.29, 0.717) is 5.92 Å². The second-order valence-electron chi connectivity index (χ2n) is 4.55. The van der Waals surface area contributed by atoms with Gasteiger partial charge in [-0.05, 0) is 36.0 Å². The number of hydrogen-bond acceptors (Lipinski definition) is 1. The Bertz CT molecular complexity index is 353. The summed E-state index contributed by atoms with van der Waals surface area (Å²) < 4.78 is 0. The number of rotatable bonds is 2. The number of hydrogen-bond donors (Lipinski definition) is 1. The molecule has 14 heavy (non-hydrogen) atoms. The lowest BCUT2D eigenvalue weighted by Crippen LogP contribution is -2.18. The van der Waals surface area contributed by atoms with Gasteiger partial charge < -0.3 is 5.73 Å². The molecule has 2 N–H and O–H groups in total. The second-order valence-corrected chi connectivity index (χ2v) is 4.95. The van der Waals surface area contributed by atoms with Crippen LogP contribution in [0.15, 0.2) is 18.2 Å². The summed E-state index contributed by atoms with van der Waals surface area (Å²) in [5.41, 5.74) is 8.43. The van der Waals surface area contributed by atoms with Crippen LogP contribution in [0.2, 0.25) is 5.02 Å². The fourth-order valence-corrected chi connectivity index (χ4v) is 2.13. The normalized spacial score (nSPS) is 18.6. The van der Waals surface area contributed by atoms with E-state index in [2.05, 4.69) is 26.0 Å². The number of halogens is 1. The summed E-state index contributed by atoms with van der Waals surface area (Å²) in [6, 6.07) is 6.26. The molecule has 0 heterocycles. The Morgan fingerprint density at radius 3 is 2.43 bits per heavy atom. The minimum atomic E-state index is -0.0703. The van der Waals surface area contributed by atoms with Crippen molar-refractivity contribution in [1.82, 2.24) is 0 Å². The third kappa shape index (κ3) is 1.67. The molecule has 0 aromatic heterocycles. The van der Waals surface area contributed by atoms with Crippen molar-refractivity contribution in [2.45, 2.75) is 38.1 Å². The fourth-order valence-electron chi connectivity index (χ4n) is 1.73. The Morgan fingerprint density at radius 2 is 2.00 bits per heavy atom. The zero-order chi connectivity index (χ0) is 10.3. The van der Waals surface area contributed by atoms with E-state index in [1.807, 2.05) is 6.07 Å². The van der Waals surface area contributed by atoms with Crippen LogP contribution in [-0.2, 0) is 5.54 Å². The first kappa shape index (κ1) is 10.0. The molecule has 0 saturated heterocycles. The van der Waals surface area contributed by atoms with Gasteiger partial charge in [-0.25, -0.2) is 0 Å². The summed E-state index contributed by atoms with van der Waals surface area (Å²) in [5, 5.41) is 0.856. The zero-order valence-corrected chi connectivity index (χ0v) is 9.43. The topological polar surface area (TPSA) is 26.0 Å². The van der Waals surface area contributed by atoms with Gasteiger partial charge in [-0.3, -0.25) is 0 Å². The second kappa shape index (κ2) is 3.25. The van der Waals surface area contributed by atoms with Gasteiger partial charge >= 0.3 is 0 Å². The van der Waals surface area contributed by atoms with Crippen molar-refractivity contribution in [1.29, 1.82) is 0 Å². The van der Waals surface area contributed by atoms with Crippen LogP contribution in [0.1, 0.15) is 43.7 Å². The monoisotopic (exact) mass is 209 g/mol. The van der Waals surface area contributed by atoms with Crippen molar-refractivity contribution in [3.63, 3.8) is 0 Å². The van der Waals surface area contributed by atoms with E-state index in [0.717, 1.165) is 17.9 Å². The molecule has 1 aromatic carbocycles. The van der Waals surface area contributed by atoms with E-state index in [4.69, 9.17) is 17.3 Å². The Labute approximate surface area is 90.3 Å². The van der Waals surface area contributed by atoms with Crippen LogP contribution in [-0.4, -0.2) is 0 Å². The molecule has 1 aliphatic carbocycles. The molecule has 0 unspecified atom stereocenters. The van der Waals surface area contributed by atoms with E-state index < -0.39 is 0 Å². The van der Waals surface area contributed by atoms with E-state index in [1.165, 1.54) is 11.1 Å². The van der Waals surface area contributed by atoms with E-state index in [-0.39, 0.29) is 5.54 Å². The van der Waals surface area contributed by atoms with E-state index >= 15 is 0 Å². The smallest absolute Gasteiger partial charge is 0.0444 e. The summed E-state index contributed by atoms with van der Waals surface area (Å²) >= 11 is 6.20. The van der Waals surface area contributed by atoms with Crippen LogP contribution < -0.4 is 5.73 Å². The van der Waals surface area contributed by atoms with Gasteiger partial charge in [0.15, 0.2) is 0 Å². The maximum Gasteiger partial charge on any atom is 0.0444 e. The molecule has 0 aliphatic heterocycles. The molecule has 0 spiro atoms. The van der Waals surface area contributed by atoms with Gasteiger partial charge in [0.1, 0.15) is 0 Å². The molecule has 1 fully saturated rings. The third-order valence-corrected chi connectivity index (χ3v) is 3.31. The predicted molar refractivity (Wildman–Crippen MR) is 60.6 cm³/mol. The van der Waals surface area contributed by atoms with Crippen molar-refractivity contribution < 1.29 is 0 Å². The van der Waals surface area contributed by atoms with Crippen molar-refractivity contribution in [3.05, 3.63) is 34.3 Å². The van der Waals surface area contributed by atoms with Crippen molar-refractivity contribution in [2.75, 3.05) is 0 Å². The van der Waals surface area contributed by atoms with Gasteiger partial charge in [-0.1, -0.05) is 37.6 Å². The molecule has 0 radical (unpaired) electrons. The molecular formula is C12H16ClN. The van der Waals surface area contributed by atoms with E-state index in [9.17, 15) is 0 Å². The SMILES string of the molecule is CC(C)c1ccc(C2(N)CC2)cc1Cl. The Hall–Kier alpha value is -0.530. The molecule has 2 rings (SSSR count). The first-order valence-corrected chi connectivity index (χ1v) is 5.49. The minimum absolute atomic E-state index is 0.0703. The molecule has 0 amide bonds. The molecule has 1 aromatic rings. The average molecular weight is 210 g/mol. The molecule has 1 nitrogen and oxygen atoms in total. The van der Waals surface area contributed by atoms with Gasteiger partial charge in [0.25, 0.3) is 0 Å². The average Bonchev–Trinajstić information content (AvgIpc) is 2.84. The third-order valence-electron chi connectivity index (χ3n) is 2.99. The number of nitrogens with two attached hydrogens (primary N) is 1. The quantitative estimate of drug-likeness (QED) is 0.794. The highest BCUT2D eigenvalue weighted by molar-refractivity contribution is 6.31. The fraction of sp³-hybridized carbons (Fsp3) is 0.500. The molecule has 0 bridgehead atoms. The standard InChI is InChI=1S/C12H16ClN/c1-8(2)10-4-3-9(7-11(10)13)12(14)5-6-12/h3-4,7-8H,5-6,14H2,1-2H3. The van der Waals surface area contributed by atoms with Crippen molar-refractivity contribution >= 4 is 11.6 Å². The van der Waals surface area contributed by atoms with Gasteiger partial charge in [0.2, 0.25) is 0 Å². The summed E-state index contributed by atoms with van der Waals surface area (Å²) in [6.45, 7) is 4.30. The molecule has 1 saturated carbocycles. The van der Waals surface area contributed by atoms with Gasteiger partial charge in [-0.15, -0.1) is 0 Å². The molecule has 1 aliphatic rings. The van der Waals surface area contributed by atoms with Gasteiger partial charge in [0.05, 0.1) is 0 Å². The molecule has 0 atom stereocenters. The Balaban J connectivity index is 2.36. The summed E-state index contributed by atoms with van der Waals surface area (Å²) in [6.07, 6.45) is 2.18. The highest BCUT2D eigenvalue weighted by Gasteiger charge is 2.40. The maximum absolute atomic E-state index is 6.20. The summed E-state index contributed by atoms with van der Waals surface area (Å²) in [7, 11) is 0. The van der Waals surface area contributed by atoms with Crippen LogP contribution in [0.3, 0.4) is 0 Å². The highest BCUT2D eigenvalue weighted by Crippen LogP contribution is 2.43. The van der Waals surface area contributed by atoms with Crippen molar-refractivity contribution in [2.24, 2.45) is 5.73 Å². The lowest BCUT2D eigenvalue weighted by molar-refractivity contribution is 0.738. The van der Waals surface area contributed by atoms with E-state index in [1.54, 1.807) is 0 Å². The van der Waals surface area contributed by atoms with Gasteiger partial charge in [0, 0.05) is 10.6 Å². The van der Waals surface area contributed by atoms with Crippen LogP contribution in [0, 0.1) is 0 Å².